The van der Waals surface area contributed by atoms with E-state index in [2.05, 4.69) is 20.5 Å². The van der Waals surface area contributed by atoms with Crippen molar-refractivity contribution in [2.75, 3.05) is 11.6 Å². The van der Waals surface area contributed by atoms with E-state index in [9.17, 15) is 4.79 Å². The Hall–Kier alpha value is -1.77. The number of hydrogen-bond donors (Lipinski definition) is 1. The van der Waals surface area contributed by atoms with E-state index in [0.717, 1.165) is 14.8 Å². The van der Waals surface area contributed by atoms with Crippen molar-refractivity contribution in [3.05, 3.63) is 41.5 Å². The number of rotatable bonds is 4. The summed E-state index contributed by atoms with van der Waals surface area (Å²) >= 11 is 4.46. The van der Waals surface area contributed by atoms with Crippen molar-refractivity contribution in [3.8, 4) is 10.4 Å². The van der Waals surface area contributed by atoms with Crippen LogP contribution < -0.4 is 5.32 Å². The van der Waals surface area contributed by atoms with Gasteiger partial charge in [-0.2, -0.15) is 0 Å². The second kappa shape index (κ2) is 6.33. The fourth-order valence-electron chi connectivity index (χ4n) is 1.65. The minimum atomic E-state index is -0.232. The molecular formula is C13H10N4OS3. The molecular weight excluding hydrogens is 324 g/mol. The highest BCUT2D eigenvalue weighted by molar-refractivity contribution is 8.00. The molecule has 0 aliphatic carbocycles. The third-order valence-electron chi connectivity index (χ3n) is 2.61. The average Bonchev–Trinajstić information content (AvgIpc) is 3.18. The lowest BCUT2D eigenvalue weighted by Crippen LogP contribution is -2.12. The fourth-order valence-corrected chi connectivity index (χ4v) is 3.53. The normalized spacial score (nSPS) is 10.5. The molecule has 3 aromatic heterocycles. The molecule has 8 heteroatoms. The highest BCUT2D eigenvalue weighted by Gasteiger charge is 2.11. The molecule has 0 radical (unpaired) electrons. The summed E-state index contributed by atoms with van der Waals surface area (Å²) in [6, 6.07) is 5.79. The Labute approximate surface area is 133 Å². The molecule has 3 heterocycles. The Balaban J connectivity index is 1.80. The predicted octanol–water partition coefficient (Wildman–Crippen LogP) is 3.64. The number of aromatic nitrogens is 3. The lowest BCUT2D eigenvalue weighted by molar-refractivity contribution is 0.102. The first kappa shape index (κ1) is 14.2. The third-order valence-corrected chi connectivity index (χ3v) is 5.34. The molecule has 0 unspecified atom stereocenters. The number of nitrogens with zero attached hydrogens (tertiary/aromatic N) is 3. The lowest BCUT2D eigenvalue weighted by Gasteiger charge is -2.03. The number of thiophene rings is 1. The molecule has 0 aromatic carbocycles. The van der Waals surface area contributed by atoms with Crippen LogP contribution in [0.2, 0.25) is 0 Å². The molecule has 0 saturated carbocycles. The zero-order valence-electron chi connectivity index (χ0n) is 10.9. The van der Waals surface area contributed by atoms with Crippen LogP contribution in [0.1, 0.15) is 10.4 Å². The SMILES string of the molecule is CSc1nnc(NC(=O)c2cncc(-c3cccs3)c2)s1. The van der Waals surface area contributed by atoms with E-state index in [0.29, 0.717) is 10.7 Å². The minimum absolute atomic E-state index is 0.232. The highest BCUT2D eigenvalue weighted by Crippen LogP contribution is 2.26. The number of carbonyl (C=O) groups excluding carboxylic acids is 1. The maximum atomic E-state index is 12.2. The maximum Gasteiger partial charge on any atom is 0.259 e. The number of pyridine rings is 1. The molecule has 1 N–H and O–H groups in total. The molecule has 0 bridgehead atoms. The number of nitrogens with one attached hydrogen (secondary N) is 1. The molecule has 0 aliphatic rings. The molecule has 21 heavy (non-hydrogen) atoms. The van der Waals surface area contributed by atoms with Gasteiger partial charge in [0.25, 0.3) is 5.91 Å². The van der Waals surface area contributed by atoms with Gasteiger partial charge < -0.3 is 0 Å². The van der Waals surface area contributed by atoms with Gasteiger partial charge in [0, 0.05) is 22.8 Å². The summed E-state index contributed by atoms with van der Waals surface area (Å²) in [6.07, 6.45) is 5.21. The van der Waals surface area contributed by atoms with Crippen LogP contribution >= 0.6 is 34.4 Å². The molecule has 1 amide bonds. The topological polar surface area (TPSA) is 67.8 Å². The van der Waals surface area contributed by atoms with Gasteiger partial charge in [0.2, 0.25) is 5.13 Å². The molecule has 0 spiro atoms. The summed E-state index contributed by atoms with van der Waals surface area (Å²) in [7, 11) is 0. The van der Waals surface area contributed by atoms with E-state index < -0.39 is 0 Å². The van der Waals surface area contributed by atoms with E-state index in [4.69, 9.17) is 0 Å². The molecule has 3 rings (SSSR count). The van der Waals surface area contributed by atoms with Crippen molar-refractivity contribution in [3.63, 3.8) is 0 Å². The fraction of sp³-hybridized carbons (Fsp3) is 0.0769. The smallest absolute Gasteiger partial charge is 0.259 e. The quantitative estimate of drug-likeness (QED) is 0.583. The standard InChI is InChI=1S/C13H10N4OS3/c1-19-13-17-16-12(21-13)15-11(18)9-5-8(6-14-7-9)10-3-2-4-20-10/h2-7H,1H3,(H,15,16,18). The first-order valence-corrected chi connectivity index (χ1v) is 8.86. The summed E-state index contributed by atoms with van der Waals surface area (Å²) in [5.74, 6) is -0.232. The van der Waals surface area contributed by atoms with Crippen molar-refractivity contribution < 1.29 is 4.79 Å². The Bertz CT molecular complexity index is 754. The predicted molar refractivity (Wildman–Crippen MR) is 87.2 cm³/mol. The van der Waals surface area contributed by atoms with Crippen LogP contribution in [0.3, 0.4) is 0 Å². The Morgan fingerprint density at radius 1 is 1.33 bits per heavy atom. The van der Waals surface area contributed by atoms with Gasteiger partial charge in [-0.15, -0.1) is 21.5 Å². The lowest BCUT2D eigenvalue weighted by atomic mass is 10.2. The van der Waals surface area contributed by atoms with Crippen LogP contribution in [-0.4, -0.2) is 27.3 Å². The molecule has 3 aromatic rings. The minimum Gasteiger partial charge on any atom is -0.296 e. The van der Waals surface area contributed by atoms with Crippen LogP contribution in [0.25, 0.3) is 10.4 Å². The van der Waals surface area contributed by atoms with Gasteiger partial charge >= 0.3 is 0 Å². The summed E-state index contributed by atoms with van der Waals surface area (Å²) in [5.41, 5.74) is 1.43. The Morgan fingerprint density at radius 2 is 2.24 bits per heavy atom. The highest BCUT2D eigenvalue weighted by atomic mass is 32.2. The van der Waals surface area contributed by atoms with Crippen LogP contribution in [0, 0.1) is 0 Å². The van der Waals surface area contributed by atoms with E-state index >= 15 is 0 Å². The van der Waals surface area contributed by atoms with E-state index in [1.165, 1.54) is 23.1 Å². The second-order valence-corrected chi connectivity index (χ2v) is 6.95. The van der Waals surface area contributed by atoms with Crippen LogP contribution in [0.4, 0.5) is 5.13 Å². The summed E-state index contributed by atoms with van der Waals surface area (Å²) < 4.78 is 0.816. The van der Waals surface area contributed by atoms with Gasteiger partial charge in [-0.05, 0) is 23.8 Å². The number of amides is 1. The molecule has 5 nitrogen and oxygen atoms in total. The number of anilines is 1. The van der Waals surface area contributed by atoms with Gasteiger partial charge in [-0.3, -0.25) is 15.1 Å². The zero-order chi connectivity index (χ0) is 14.7. The number of thioether (sulfide) groups is 1. The van der Waals surface area contributed by atoms with Crippen molar-refractivity contribution in [1.29, 1.82) is 0 Å². The molecule has 0 fully saturated rings. The Kier molecular flexibility index (Phi) is 4.28. The Morgan fingerprint density at radius 3 is 2.95 bits per heavy atom. The molecule has 0 atom stereocenters. The third kappa shape index (κ3) is 3.29. The van der Waals surface area contributed by atoms with E-state index in [1.807, 2.05) is 29.8 Å². The van der Waals surface area contributed by atoms with Crippen molar-refractivity contribution in [1.82, 2.24) is 15.2 Å². The van der Waals surface area contributed by atoms with Crippen LogP contribution in [0.5, 0.6) is 0 Å². The van der Waals surface area contributed by atoms with E-state index in [1.54, 1.807) is 23.7 Å². The number of carbonyl (C=O) groups is 1. The largest absolute Gasteiger partial charge is 0.296 e. The van der Waals surface area contributed by atoms with Gasteiger partial charge in [0.1, 0.15) is 0 Å². The zero-order valence-corrected chi connectivity index (χ0v) is 13.4. The van der Waals surface area contributed by atoms with Crippen molar-refractivity contribution in [2.45, 2.75) is 4.34 Å². The van der Waals surface area contributed by atoms with Crippen LogP contribution in [-0.2, 0) is 0 Å². The summed E-state index contributed by atoms with van der Waals surface area (Å²) in [4.78, 5) is 17.4. The molecule has 0 saturated heterocycles. The second-order valence-electron chi connectivity index (χ2n) is 3.97. The monoisotopic (exact) mass is 334 g/mol. The average molecular weight is 334 g/mol. The molecule has 0 aliphatic heterocycles. The number of hydrogen-bond acceptors (Lipinski definition) is 7. The van der Waals surface area contributed by atoms with Gasteiger partial charge in [-0.25, -0.2) is 0 Å². The first-order valence-electron chi connectivity index (χ1n) is 5.94. The first-order chi connectivity index (χ1) is 10.3. The van der Waals surface area contributed by atoms with Gasteiger partial charge in [0.15, 0.2) is 4.34 Å². The van der Waals surface area contributed by atoms with Crippen molar-refractivity contribution in [2.24, 2.45) is 0 Å². The van der Waals surface area contributed by atoms with Gasteiger partial charge in [-0.1, -0.05) is 29.2 Å². The summed E-state index contributed by atoms with van der Waals surface area (Å²) in [6.45, 7) is 0. The van der Waals surface area contributed by atoms with Crippen molar-refractivity contribution >= 4 is 45.5 Å². The molecule has 106 valence electrons. The van der Waals surface area contributed by atoms with E-state index in [-0.39, 0.29) is 5.91 Å². The summed E-state index contributed by atoms with van der Waals surface area (Å²) in [5, 5.41) is 13.1. The van der Waals surface area contributed by atoms with Gasteiger partial charge in [0.05, 0.1) is 5.56 Å². The van der Waals surface area contributed by atoms with Crippen LogP contribution in [0.15, 0.2) is 40.3 Å². The maximum absolute atomic E-state index is 12.2.